The number of benzene rings is 1. The maximum Gasteiger partial charge on any atom is 0.241 e. The molecule has 3 rings (SSSR count). The van der Waals surface area contributed by atoms with E-state index >= 15 is 0 Å². The summed E-state index contributed by atoms with van der Waals surface area (Å²) >= 11 is 0. The lowest BCUT2D eigenvalue weighted by Crippen LogP contribution is -2.26. The Labute approximate surface area is 147 Å². The Hall–Kier alpha value is -2.45. The van der Waals surface area contributed by atoms with Crippen molar-refractivity contribution in [3.05, 3.63) is 53.6 Å². The van der Waals surface area contributed by atoms with E-state index in [-0.39, 0.29) is 10.9 Å². The van der Waals surface area contributed by atoms with E-state index in [1.807, 2.05) is 19.9 Å². The van der Waals surface area contributed by atoms with Crippen LogP contribution in [0.1, 0.15) is 29.8 Å². The predicted octanol–water partition coefficient (Wildman–Crippen LogP) is 2.47. The zero-order valence-corrected chi connectivity index (χ0v) is 15.4. The number of hydrogen-bond donors (Lipinski definition) is 2. The molecule has 0 spiro atoms. The summed E-state index contributed by atoms with van der Waals surface area (Å²) in [6.45, 7) is 5.62. The number of nitrogens with zero attached hydrogens (tertiary/aromatic N) is 3. The average molecular weight is 359 g/mol. The minimum absolute atomic E-state index is 0.241. The second kappa shape index (κ2) is 6.45. The van der Waals surface area contributed by atoms with E-state index in [2.05, 4.69) is 20.0 Å². The van der Waals surface area contributed by atoms with E-state index in [1.165, 1.54) is 0 Å². The summed E-state index contributed by atoms with van der Waals surface area (Å²) < 4.78 is 29.7. The van der Waals surface area contributed by atoms with Crippen LogP contribution in [-0.2, 0) is 17.1 Å². The van der Waals surface area contributed by atoms with E-state index in [9.17, 15) is 8.42 Å². The van der Waals surface area contributed by atoms with E-state index in [0.29, 0.717) is 0 Å². The quantitative estimate of drug-likeness (QED) is 0.732. The normalized spacial score (nSPS) is 13.1. The van der Waals surface area contributed by atoms with Crippen molar-refractivity contribution in [1.82, 2.24) is 24.7 Å². The summed E-state index contributed by atoms with van der Waals surface area (Å²) in [5, 5.41) is 11.0. The van der Waals surface area contributed by atoms with Gasteiger partial charge in [-0.05, 0) is 44.0 Å². The first-order valence-corrected chi connectivity index (χ1v) is 9.38. The van der Waals surface area contributed by atoms with Crippen LogP contribution in [0.2, 0.25) is 0 Å². The first-order valence-electron chi connectivity index (χ1n) is 7.90. The van der Waals surface area contributed by atoms with Crippen molar-refractivity contribution in [2.75, 3.05) is 0 Å². The monoisotopic (exact) mass is 359 g/mol. The molecule has 2 heterocycles. The first kappa shape index (κ1) is 17.4. The van der Waals surface area contributed by atoms with Crippen LogP contribution in [0.15, 0.2) is 41.7 Å². The van der Waals surface area contributed by atoms with Crippen LogP contribution < -0.4 is 4.72 Å². The molecule has 0 fully saturated rings. The SMILES string of the molecule is Cc1cc(S(=O)(=O)NC(C)c2cnn(C)c2)ccc1-c1cn[nH]c1C. The number of aromatic nitrogens is 4. The summed E-state index contributed by atoms with van der Waals surface area (Å²) in [7, 11) is -1.83. The topological polar surface area (TPSA) is 92.7 Å². The van der Waals surface area contributed by atoms with E-state index in [0.717, 1.165) is 27.9 Å². The Bertz CT molecular complexity index is 1000. The summed E-state index contributed by atoms with van der Waals surface area (Å²) in [5.41, 5.74) is 4.57. The van der Waals surface area contributed by atoms with Gasteiger partial charge in [0.1, 0.15) is 0 Å². The Morgan fingerprint density at radius 1 is 1.20 bits per heavy atom. The maximum atomic E-state index is 12.7. The van der Waals surface area contributed by atoms with E-state index in [1.54, 1.807) is 49.4 Å². The second-order valence-corrected chi connectivity index (χ2v) is 7.89. The largest absolute Gasteiger partial charge is 0.282 e. The lowest BCUT2D eigenvalue weighted by molar-refractivity contribution is 0.566. The molecular weight excluding hydrogens is 338 g/mol. The van der Waals surface area contributed by atoms with Crippen LogP contribution in [0, 0.1) is 13.8 Å². The van der Waals surface area contributed by atoms with Crippen molar-refractivity contribution in [2.45, 2.75) is 31.7 Å². The number of rotatable bonds is 5. The fourth-order valence-electron chi connectivity index (χ4n) is 2.76. The smallest absolute Gasteiger partial charge is 0.241 e. The Morgan fingerprint density at radius 3 is 2.52 bits per heavy atom. The third kappa shape index (κ3) is 3.49. The summed E-state index contributed by atoms with van der Waals surface area (Å²) in [4.78, 5) is 0.241. The third-order valence-electron chi connectivity index (χ3n) is 4.19. The summed E-state index contributed by atoms with van der Waals surface area (Å²) in [5.74, 6) is 0. The van der Waals surface area contributed by atoms with Crippen molar-refractivity contribution in [3.8, 4) is 11.1 Å². The van der Waals surface area contributed by atoms with E-state index in [4.69, 9.17) is 0 Å². The van der Waals surface area contributed by atoms with Gasteiger partial charge in [0.2, 0.25) is 10.0 Å². The minimum atomic E-state index is -3.63. The van der Waals surface area contributed by atoms with Gasteiger partial charge in [-0.1, -0.05) is 6.07 Å². The molecule has 0 saturated carbocycles. The lowest BCUT2D eigenvalue weighted by Gasteiger charge is -2.14. The van der Waals surface area contributed by atoms with Gasteiger partial charge in [0.05, 0.1) is 17.3 Å². The number of nitrogens with one attached hydrogen (secondary N) is 2. The number of aryl methyl sites for hydroxylation is 3. The van der Waals surface area contributed by atoms with Gasteiger partial charge in [-0.25, -0.2) is 13.1 Å². The molecular formula is C17H21N5O2S. The van der Waals surface area contributed by atoms with Crippen LogP contribution in [0.5, 0.6) is 0 Å². The highest BCUT2D eigenvalue weighted by molar-refractivity contribution is 7.89. The van der Waals surface area contributed by atoms with Crippen LogP contribution in [-0.4, -0.2) is 28.4 Å². The zero-order chi connectivity index (χ0) is 18.2. The Balaban J connectivity index is 1.88. The molecule has 1 aromatic carbocycles. The van der Waals surface area contributed by atoms with Gasteiger partial charge < -0.3 is 0 Å². The zero-order valence-electron chi connectivity index (χ0n) is 14.6. The molecule has 0 radical (unpaired) electrons. The van der Waals surface area contributed by atoms with Crippen LogP contribution in [0.25, 0.3) is 11.1 Å². The fourth-order valence-corrected chi connectivity index (χ4v) is 4.08. The molecule has 2 N–H and O–H groups in total. The van der Waals surface area contributed by atoms with Crippen molar-refractivity contribution in [2.24, 2.45) is 7.05 Å². The van der Waals surface area contributed by atoms with Crippen LogP contribution >= 0.6 is 0 Å². The van der Waals surface area contributed by atoms with Gasteiger partial charge in [0.25, 0.3) is 0 Å². The Kier molecular flexibility index (Phi) is 4.49. The lowest BCUT2D eigenvalue weighted by atomic mass is 10.0. The molecule has 0 amide bonds. The van der Waals surface area contributed by atoms with Gasteiger partial charge in [-0.15, -0.1) is 0 Å². The van der Waals surface area contributed by atoms with Crippen molar-refractivity contribution in [1.29, 1.82) is 0 Å². The number of aromatic amines is 1. The van der Waals surface area contributed by atoms with Gasteiger partial charge in [-0.2, -0.15) is 10.2 Å². The molecule has 25 heavy (non-hydrogen) atoms. The van der Waals surface area contributed by atoms with E-state index < -0.39 is 10.0 Å². The van der Waals surface area contributed by atoms with Gasteiger partial charge in [-0.3, -0.25) is 9.78 Å². The highest BCUT2D eigenvalue weighted by Crippen LogP contribution is 2.27. The molecule has 8 heteroatoms. The van der Waals surface area contributed by atoms with Gasteiger partial charge >= 0.3 is 0 Å². The van der Waals surface area contributed by atoms with Crippen LogP contribution in [0.4, 0.5) is 0 Å². The van der Waals surface area contributed by atoms with Gasteiger partial charge in [0, 0.05) is 36.1 Å². The number of H-pyrrole nitrogens is 1. The highest BCUT2D eigenvalue weighted by atomic mass is 32.2. The predicted molar refractivity (Wildman–Crippen MR) is 95.4 cm³/mol. The molecule has 1 atom stereocenters. The summed E-state index contributed by atoms with van der Waals surface area (Å²) in [6, 6.07) is 4.75. The molecule has 3 aromatic rings. The van der Waals surface area contributed by atoms with Crippen LogP contribution in [0.3, 0.4) is 0 Å². The summed E-state index contributed by atoms with van der Waals surface area (Å²) in [6.07, 6.45) is 5.20. The molecule has 7 nitrogen and oxygen atoms in total. The van der Waals surface area contributed by atoms with Crippen molar-refractivity contribution >= 4 is 10.0 Å². The molecule has 0 aliphatic heterocycles. The molecule has 0 aliphatic rings. The number of sulfonamides is 1. The Morgan fingerprint density at radius 2 is 1.96 bits per heavy atom. The maximum absolute atomic E-state index is 12.7. The van der Waals surface area contributed by atoms with Crippen molar-refractivity contribution in [3.63, 3.8) is 0 Å². The average Bonchev–Trinajstić information content (AvgIpc) is 3.15. The van der Waals surface area contributed by atoms with Gasteiger partial charge in [0.15, 0.2) is 0 Å². The fraction of sp³-hybridized carbons (Fsp3) is 0.294. The molecule has 0 aliphatic carbocycles. The standard InChI is InChI=1S/C17H21N5O2S/c1-11-7-15(5-6-16(11)17-9-18-20-13(17)3)25(23,24)21-12(2)14-8-19-22(4)10-14/h5-10,12,21H,1-4H3,(H,18,20). The number of hydrogen-bond acceptors (Lipinski definition) is 4. The molecule has 0 bridgehead atoms. The molecule has 0 saturated heterocycles. The third-order valence-corrected chi connectivity index (χ3v) is 5.72. The van der Waals surface area contributed by atoms with Crippen molar-refractivity contribution < 1.29 is 8.42 Å². The second-order valence-electron chi connectivity index (χ2n) is 6.18. The molecule has 132 valence electrons. The highest BCUT2D eigenvalue weighted by Gasteiger charge is 2.20. The minimum Gasteiger partial charge on any atom is -0.282 e. The molecule has 1 unspecified atom stereocenters. The molecule has 2 aromatic heterocycles. The first-order chi connectivity index (χ1) is 11.8.